The minimum absolute atomic E-state index is 2.05. The second-order valence-corrected chi connectivity index (χ2v) is 1.11. The van der Waals surface area contributed by atoms with Crippen LogP contribution in [-0.4, -0.2) is 6.16 Å². The van der Waals surface area contributed by atoms with Crippen LogP contribution in [0, 0.1) is 27.8 Å². The van der Waals surface area contributed by atoms with Crippen LogP contribution in [0.1, 0.15) is 0 Å². The van der Waals surface area contributed by atoms with Gasteiger partial charge in [-0.15, -0.1) is 0 Å². The van der Waals surface area contributed by atoms with E-state index in [0.717, 1.165) is 0 Å². The van der Waals surface area contributed by atoms with Gasteiger partial charge in [0.2, 0.25) is 6.16 Å². The Hall–Kier alpha value is -0.118. The molecular weight excluding hydrogens is 346 g/mol. The van der Waals surface area contributed by atoms with Crippen LogP contribution >= 0.6 is 0 Å². The normalized spacial score (nSPS) is 5.12. The topological polar surface area (TPSA) is 107 Å². The number of rotatable bonds is 0. The van der Waals surface area contributed by atoms with Crippen molar-refractivity contribution in [3.05, 3.63) is 0 Å². The van der Waals surface area contributed by atoms with Gasteiger partial charge in [0.15, 0.2) is 0 Å². The van der Waals surface area contributed by atoms with Gasteiger partial charge in [0, 0.05) is 0 Å². The van der Waals surface area contributed by atoms with Crippen LogP contribution in [0.15, 0.2) is 0 Å². The molecule has 6 nitrogen and oxygen atoms in total. The summed E-state index contributed by atoms with van der Waals surface area (Å²) < 4.78 is 17.2. The zero-order valence-corrected chi connectivity index (χ0v) is 7.61. The number of carboxylic acid groups (broad SMARTS) is 1. The monoisotopic (exact) mass is 346 g/mol. The molecule has 0 aliphatic rings. The second kappa shape index (κ2) is 9.99. The molecule has 0 radical (unpaired) electrons. The molecule has 0 rings (SSSR count). The van der Waals surface area contributed by atoms with E-state index in [2.05, 4.69) is 4.89 Å². The summed E-state index contributed by atoms with van der Waals surface area (Å²) in [6, 6.07) is 0. The van der Waals surface area contributed by atoms with Crippen molar-refractivity contribution in [2.24, 2.45) is 0 Å². The first-order valence-electron chi connectivity index (χ1n) is 1.19. The SMILES string of the molecule is O=C([O-])O[O-].[O]=[U+2]=[O]. The first-order valence-corrected chi connectivity index (χ1v) is 4.59. The Morgan fingerprint density at radius 1 is 1.50 bits per heavy atom. The molecule has 0 N–H and O–H groups in total. The van der Waals surface area contributed by atoms with Gasteiger partial charge >= 0.3 is 32.3 Å². The van der Waals surface area contributed by atoms with Gasteiger partial charge in [-0.2, -0.15) is 0 Å². The first-order chi connectivity index (χ1) is 3.68. The zero-order valence-electron chi connectivity index (χ0n) is 3.45. The van der Waals surface area contributed by atoms with E-state index in [9.17, 15) is 0 Å². The summed E-state index contributed by atoms with van der Waals surface area (Å²) in [5.74, 6) is 0. The molecular formula is CO6U. The van der Waals surface area contributed by atoms with E-state index in [1.165, 1.54) is 0 Å². The molecule has 0 unspecified atom stereocenters. The molecule has 0 aliphatic carbocycles. The molecule has 0 aromatic heterocycles. The fraction of sp³-hybridized carbons (Fsp3) is 0. The van der Waals surface area contributed by atoms with Crippen LogP contribution in [0.5, 0.6) is 0 Å². The maximum atomic E-state index is 8.72. The van der Waals surface area contributed by atoms with Crippen molar-refractivity contribution in [1.82, 2.24) is 0 Å². The predicted molar refractivity (Wildman–Crippen MR) is 7.85 cm³/mol. The molecule has 0 saturated carbocycles. The van der Waals surface area contributed by atoms with E-state index in [4.69, 9.17) is 19.6 Å². The molecule has 0 saturated heterocycles. The molecule has 0 spiro atoms. The maximum absolute atomic E-state index is 8.72. The van der Waals surface area contributed by atoms with Gasteiger partial charge in [0.25, 0.3) is 0 Å². The van der Waals surface area contributed by atoms with Gasteiger partial charge < -0.3 is 20.0 Å². The summed E-state index contributed by atoms with van der Waals surface area (Å²) in [5, 5.41) is 17.2. The zero-order chi connectivity index (χ0) is 6.99. The quantitative estimate of drug-likeness (QED) is 0.351. The first kappa shape index (κ1) is 10.8. The van der Waals surface area contributed by atoms with E-state index in [1.807, 2.05) is 0 Å². The van der Waals surface area contributed by atoms with Crippen LogP contribution in [-0.2, 0) is 9.36 Å². The van der Waals surface area contributed by atoms with Crippen LogP contribution in [0.25, 0.3) is 0 Å². The summed E-state index contributed by atoms with van der Waals surface area (Å²) in [6.45, 7) is 0. The molecule has 8 heavy (non-hydrogen) atoms. The average Bonchev–Trinajstić information content (AvgIpc) is 1.69. The van der Waals surface area contributed by atoms with E-state index in [-0.39, 0.29) is 0 Å². The van der Waals surface area contributed by atoms with E-state index >= 15 is 0 Å². The summed E-state index contributed by atoms with van der Waals surface area (Å²) in [7, 11) is 0. The summed E-state index contributed by atoms with van der Waals surface area (Å²) in [6.07, 6.45) is -2.05. The Labute approximate surface area is 58.6 Å². The minimum atomic E-state index is -2.51. The van der Waals surface area contributed by atoms with Crippen LogP contribution < -0.4 is 10.4 Å². The standard InChI is InChI=1S/CH2O4.2O.U/c2-1(3)5-4;;;/h4H,(H,2,3);;;/q;;;+2/p-2. The Kier molecular flexibility index (Phi) is 13.5. The Morgan fingerprint density at radius 3 is 1.62 bits per heavy atom. The third kappa shape index (κ3) is 39.6. The number of hydrogen-bond donors (Lipinski definition) is 0. The number of carbonyl (C=O) groups excluding carboxylic acids is 1. The van der Waals surface area contributed by atoms with Crippen molar-refractivity contribution in [2.45, 2.75) is 0 Å². The second-order valence-electron chi connectivity index (χ2n) is 0.417. The van der Waals surface area contributed by atoms with Gasteiger partial charge in [0.05, 0.1) is 0 Å². The molecule has 0 aliphatic heterocycles. The van der Waals surface area contributed by atoms with E-state index in [1.54, 1.807) is 0 Å². The molecule has 0 fully saturated rings. The van der Waals surface area contributed by atoms with Gasteiger partial charge in [-0.1, -0.05) is 0 Å². The van der Waals surface area contributed by atoms with Gasteiger partial charge in [-0.25, -0.2) is 0 Å². The van der Waals surface area contributed by atoms with Crippen molar-refractivity contribution in [3.63, 3.8) is 0 Å². The van der Waals surface area contributed by atoms with E-state index in [0.29, 0.717) is 0 Å². The van der Waals surface area contributed by atoms with Crippen molar-refractivity contribution >= 4 is 6.16 Å². The molecule has 0 atom stereocenters. The summed E-state index contributed by atoms with van der Waals surface area (Å²) >= 11 is -2.51. The Balaban J connectivity index is 0. The van der Waals surface area contributed by atoms with Gasteiger partial charge in [0.1, 0.15) is 0 Å². The molecule has 0 aromatic carbocycles. The van der Waals surface area contributed by atoms with Crippen LogP contribution in [0.3, 0.4) is 0 Å². The van der Waals surface area contributed by atoms with Crippen LogP contribution in [0.4, 0.5) is 4.79 Å². The molecule has 7 heteroatoms. The Morgan fingerprint density at radius 2 is 1.62 bits per heavy atom. The average molecular weight is 346 g/mol. The van der Waals surface area contributed by atoms with Crippen molar-refractivity contribution in [1.29, 1.82) is 0 Å². The third-order valence-electron chi connectivity index (χ3n) is 0.0680. The van der Waals surface area contributed by atoms with Crippen molar-refractivity contribution in [2.75, 3.05) is 0 Å². The van der Waals surface area contributed by atoms with Crippen molar-refractivity contribution in [3.8, 4) is 0 Å². The Bertz CT molecular complexity index is 90.7. The molecule has 44 valence electrons. The predicted octanol–water partition coefficient (Wildman–Crippen LogP) is -2.62. The van der Waals surface area contributed by atoms with Gasteiger partial charge in [-0.3, -0.25) is 0 Å². The fourth-order valence-corrected chi connectivity index (χ4v) is 0. The molecule has 0 bridgehead atoms. The van der Waals surface area contributed by atoms with E-state index < -0.39 is 34.0 Å². The number of hydrogen-bond acceptors (Lipinski definition) is 6. The summed E-state index contributed by atoms with van der Waals surface area (Å²) in [4.78, 5) is 11.0. The molecule has 0 aromatic rings. The number of carbonyl (C=O) groups is 1. The van der Waals surface area contributed by atoms with Crippen molar-refractivity contribution < 1.29 is 52.3 Å². The fourth-order valence-electron chi connectivity index (χ4n) is 0. The molecule has 0 heterocycles. The van der Waals surface area contributed by atoms with Gasteiger partial charge in [-0.05, 0) is 0 Å². The summed E-state index contributed by atoms with van der Waals surface area (Å²) in [5.41, 5.74) is 0. The van der Waals surface area contributed by atoms with Crippen LogP contribution in [0.2, 0.25) is 0 Å². The molecule has 0 amide bonds. The third-order valence-corrected chi connectivity index (χ3v) is 0.0680.